The number of rotatable bonds is 2. The molecule has 0 fully saturated rings. The van der Waals surface area contributed by atoms with E-state index in [0.29, 0.717) is 4.90 Å². The van der Waals surface area contributed by atoms with Crippen LogP contribution in [0.1, 0.15) is 15.9 Å². The molecule has 0 aliphatic rings. The van der Waals surface area contributed by atoms with Gasteiger partial charge in [-0.25, -0.2) is 4.21 Å². The van der Waals surface area contributed by atoms with Gasteiger partial charge >= 0.3 is 6.18 Å². The Morgan fingerprint density at radius 1 is 1.00 bits per heavy atom. The molecule has 7 heteroatoms. The van der Waals surface area contributed by atoms with Gasteiger partial charge in [-0.2, -0.15) is 17.5 Å². The number of benzene rings is 2. The summed E-state index contributed by atoms with van der Waals surface area (Å²) in [5, 5.41) is 0. The lowest BCUT2D eigenvalue weighted by Crippen LogP contribution is -2.07. The van der Waals surface area contributed by atoms with Gasteiger partial charge in [0.2, 0.25) is 0 Å². The summed E-state index contributed by atoms with van der Waals surface area (Å²) < 4.78 is 53.5. The van der Waals surface area contributed by atoms with Crippen LogP contribution in [0, 0.1) is 0 Å². The molecule has 0 radical (unpaired) electrons. The Balaban J connectivity index is 2.33. The molecule has 0 saturated heterocycles. The van der Waals surface area contributed by atoms with Gasteiger partial charge in [-0.15, -0.1) is 0 Å². The molecule has 0 bridgehead atoms. The lowest BCUT2D eigenvalue weighted by molar-refractivity contribution is -0.137. The highest BCUT2D eigenvalue weighted by Crippen LogP contribution is 2.29. The summed E-state index contributed by atoms with van der Waals surface area (Å²) in [5.74, 6) is -0.815. The van der Waals surface area contributed by atoms with Gasteiger partial charge in [0.25, 0.3) is 5.91 Å². The lowest BCUT2D eigenvalue weighted by atomic mass is 10.1. The van der Waals surface area contributed by atoms with Gasteiger partial charge in [-0.05, 0) is 36.4 Å². The molecular weight excluding hydrogens is 315 g/mol. The van der Waals surface area contributed by atoms with Crippen LogP contribution in [0.2, 0.25) is 0 Å². The molecule has 1 amide bonds. The highest BCUT2D eigenvalue weighted by molar-refractivity contribution is 7.93. The summed E-state index contributed by atoms with van der Waals surface area (Å²) in [6, 6.07) is 11.8. The summed E-state index contributed by atoms with van der Waals surface area (Å²) >= 11 is 0. The maximum Gasteiger partial charge on any atom is 0.416 e. The van der Waals surface area contributed by atoms with Crippen LogP contribution in [0.4, 0.5) is 13.2 Å². The second-order valence-corrected chi connectivity index (χ2v) is 6.85. The molecule has 22 heavy (non-hydrogen) atoms. The topological polar surface area (TPSA) is 46.5 Å². The number of alkyl halides is 3. The molecule has 0 aromatic heterocycles. The number of halogens is 3. The summed E-state index contributed by atoms with van der Waals surface area (Å²) in [6.45, 7) is 0. The quantitative estimate of drug-likeness (QED) is 0.837. The molecule has 2 aromatic rings. The van der Waals surface area contributed by atoms with Crippen LogP contribution in [0.5, 0.6) is 0 Å². The molecule has 1 atom stereocenters. The minimum Gasteiger partial charge on any atom is -0.266 e. The number of carbonyl (C=O) groups is 1. The van der Waals surface area contributed by atoms with Crippen molar-refractivity contribution >= 4 is 15.6 Å². The average molecular weight is 327 g/mol. The van der Waals surface area contributed by atoms with Crippen molar-refractivity contribution in [2.45, 2.75) is 11.1 Å². The first-order valence-electron chi connectivity index (χ1n) is 6.19. The van der Waals surface area contributed by atoms with Gasteiger partial charge in [0.15, 0.2) is 0 Å². The van der Waals surface area contributed by atoms with E-state index in [1.807, 2.05) is 0 Å². The minimum atomic E-state index is -4.47. The largest absolute Gasteiger partial charge is 0.416 e. The van der Waals surface area contributed by atoms with E-state index < -0.39 is 27.4 Å². The second-order valence-electron chi connectivity index (χ2n) is 4.59. The molecule has 3 nitrogen and oxygen atoms in total. The molecule has 0 spiro atoms. The third-order valence-electron chi connectivity index (χ3n) is 2.90. The van der Waals surface area contributed by atoms with Gasteiger partial charge in [0.1, 0.15) is 0 Å². The van der Waals surface area contributed by atoms with E-state index in [-0.39, 0.29) is 5.56 Å². The second kappa shape index (κ2) is 5.92. The maximum atomic E-state index is 12.5. The van der Waals surface area contributed by atoms with E-state index in [2.05, 4.69) is 4.36 Å². The predicted molar refractivity (Wildman–Crippen MR) is 77.0 cm³/mol. The smallest absolute Gasteiger partial charge is 0.266 e. The molecule has 0 unspecified atom stereocenters. The molecule has 2 rings (SSSR count). The fraction of sp³-hybridized carbons (Fsp3) is 0.133. The molecule has 0 aliphatic carbocycles. The van der Waals surface area contributed by atoms with Gasteiger partial charge in [0, 0.05) is 16.7 Å². The predicted octanol–water partition coefficient (Wildman–Crippen LogP) is 4.00. The van der Waals surface area contributed by atoms with Gasteiger partial charge in [0.05, 0.1) is 15.3 Å². The first-order valence-corrected chi connectivity index (χ1v) is 8.11. The van der Waals surface area contributed by atoms with Crippen LogP contribution >= 0.6 is 0 Å². The Labute approximate surface area is 126 Å². The van der Waals surface area contributed by atoms with Gasteiger partial charge < -0.3 is 0 Å². The molecule has 0 heterocycles. The van der Waals surface area contributed by atoms with Gasteiger partial charge in [-0.3, -0.25) is 4.79 Å². The monoisotopic (exact) mass is 327 g/mol. The third kappa shape index (κ3) is 3.73. The van der Waals surface area contributed by atoms with Crippen molar-refractivity contribution in [3.8, 4) is 0 Å². The van der Waals surface area contributed by atoms with Crippen molar-refractivity contribution in [1.29, 1.82) is 0 Å². The van der Waals surface area contributed by atoms with E-state index >= 15 is 0 Å². The SMILES string of the molecule is C[S@](=O)(=NC(=O)c1ccc(C(F)(F)F)cc1)c1ccccc1. The van der Waals surface area contributed by atoms with Crippen molar-refractivity contribution in [2.24, 2.45) is 4.36 Å². The summed E-state index contributed by atoms with van der Waals surface area (Å²) in [5.41, 5.74) is -0.900. The normalized spacial score (nSPS) is 14.2. The molecular formula is C15H12F3NO2S. The Bertz CT molecular complexity index is 790. The standard InChI is InChI=1S/C15H12F3NO2S/c1-22(21,13-5-3-2-4-6-13)19-14(20)11-7-9-12(10-8-11)15(16,17)18/h2-10H,1H3/t22-/m1/s1. The first-order chi connectivity index (χ1) is 10.2. The number of hydrogen-bond acceptors (Lipinski definition) is 2. The van der Waals surface area contributed by atoms with Crippen molar-refractivity contribution in [2.75, 3.05) is 6.26 Å². The fourth-order valence-corrected chi connectivity index (χ4v) is 2.93. The highest BCUT2D eigenvalue weighted by Gasteiger charge is 2.30. The van der Waals surface area contributed by atoms with Crippen molar-refractivity contribution in [3.05, 3.63) is 65.7 Å². The van der Waals surface area contributed by atoms with Crippen molar-refractivity contribution in [3.63, 3.8) is 0 Å². The van der Waals surface area contributed by atoms with E-state index in [1.54, 1.807) is 30.3 Å². The van der Waals surface area contributed by atoms with Crippen LogP contribution in [0.15, 0.2) is 63.9 Å². The molecule has 0 saturated carbocycles. The Hall–Kier alpha value is -2.15. The number of nitrogens with zero attached hydrogens (tertiary/aromatic N) is 1. The average Bonchev–Trinajstić information content (AvgIpc) is 2.47. The van der Waals surface area contributed by atoms with E-state index in [4.69, 9.17) is 0 Å². The number of amides is 1. The van der Waals surface area contributed by atoms with Crippen LogP contribution in [0.3, 0.4) is 0 Å². The molecule has 0 aliphatic heterocycles. The van der Waals surface area contributed by atoms with Crippen molar-refractivity contribution < 1.29 is 22.2 Å². The zero-order chi connectivity index (χ0) is 16.4. The number of hydrogen-bond donors (Lipinski definition) is 0. The minimum absolute atomic E-state index is 0.0430. The Kier molecular flexibility index (Phi) is 4.37. The van der Waals surface area contributed by atoms with Crippen LogP contribution in [0.25, 0.3) is 0 Å². The maximum absolute atomic E-state index is 12.5. The van der Waals surface area contributed by atoms with Crippen LogP contribution < -0.4 is 0 Å². The molecule has 0 N–H and O–H groups in total. The zero-order valence-corrected chi connectivity index (χ0v) is 12.3. The molecule has 116 valence electrons. The summed E-state index contributed by atoms with van der Waals surface area (Å²) in [6.07, 6.45) is -3.16. The van der Waals surface area contributed by atoms with Gasteiger partial charge in [-0.1, -0.05) is 18.2 Å². The van der Waals surface area contributed by atoms with E-state index in [1.165, 1.54) is 6.26 Å². The van der Waals surface area contributed by atoms with E-state index in [0.717, 1.165) is 24.3 Å². The highest BCUT2D eigenvalue weighted by atomic mass is 32.2. The van der Waals surface area contributed by atoms with Crippen LogP contribution in [-0.4, -0.2) is 16.4 Å². The Morgan fingerprint density at radius 2 is 1.55 bits per heavy atom. The molecule has 2 aromatic carbocycles. The zero-order valence-electron chi connectivity index (χ0n) is 11.5. The Morgan fingerprint density at radius 3 is 2.05 bits per heavy atom. The summed E-state index contributed by atoms with van der Waals surface area (Å²) in [4.78, 5) is 12.4. The summed E-state index contributed by atoms with van der Waals surface area (Å²) in [7, 11) is -2.94. The fourth-order valence-electron chi connectivity index (χ4n) is 1.74. The first kappa shape index (κ1) is 16.2. The lowest BCUT2D eigenvalue weighted by Gasteiger charge is -2.07. The number of carbonyl (C=O) groups excluding carboxylic acids is 1. The van der Waals surface area contributed by atoms with E-state index in [9.17, 15) is 22.2 Å². The third-order valence-corrected chi connectivity index (χ3v) is 4.56. The van der Waals surface area contributed by atoms with Crippen LogP contribution in [-0.2, 0) is 15.9 Å². The van der Waals surface area contributed by atoms with Crippen molar-refractivity contribution in [1.82, 2.24) is 0 Å².